The minimum atomic E-state index is -0.463. The van der Waals surface area contributed by atoms with Crippen LogP contribution in [-0.2, 0) is 9.53 Å². The first-order valence-corrected chi connectivity index (χ1v) is 4.81. The first-order chi connectivity index (χ1) is 7.00. The zero-order chi connectivity index (χ0) is 11.4. The number of esters is 1. The minimum absolute atomic E-state index is 0.223. The lowest BCUT2D eigenvalue weighted by atomic mass is 10.1. The van der Waals surface area contributed by atoms with E-state index in [9.17, 15) is 9.59 Å². The highest BCUT2D eigenvalue weighted by Gasteiger charge is 2.10. The summed E-state index contributed by atoms with van der Waals surface area (Å²) < 4.78 is 4.62. The van der Waals surface area contributed by atoms with Crippen molar-refractivity contribution in [3.63, 3.8) is 0 Å². The maximum absolute atomic E-state index is 11.6. The number of hydrogen-bond donors (Lipinski definition) is 0. The molecule has 0 spiro atoms. The van der Waals surface area contributed by atoms with Crippen LogP contribution in [0.2, 0.25) is 5.02 Å². The third-order valence-electron chi connectivity index (χ3n) is 1.90. The van der Waals surface area contributed by atoms with Crippen molar-refractivity contribution in [1.82, 2.24) is 0 Å². The van der Waals surface area contributed by atoms with Crippen LogP contribution in [0.15, 0.2) is 18.2 Å². The zero-order valence-corrected chi connectivity index (χ0v) is 9.30. The van der Waals surface area contributed by atoms with E-state index >= 15 is 0 Å². The topological polar surface area (TPSA) is 43.4 Å². The fourth-order valence-corrected chi connectivity index (χ4v) is 1.41. The van der Waals surface area contributed by atoms with E-state index in [4.69, 9.17) is 11.6 Å². The van der Waals surface area contributed by atoms with Crippen molar-refractivity contribution in [1.29, 1.82) is 0 Å². The number of aryl methyl sites for hydroxylation is 1. The standard InChI is InChI=1S/C11H11ClO3/c1-7-5-9(12)3-4-10(7)11(14)6-15-8(2)13/h3-5H,6H2,1-2H3. The van der Waals surface area contributed by atoms with E-state index in [1.54, 1.807) is 25.1 Å². The van der Waals surface area contributed by atoms with Gasteiger partial charge in [-0.3, -0.25) is 9.59 Å². The smallest absolute Gasteiger partial charge is 0.303 e. The number of carbonyl (C=O) groups excluding carboxylic acids is 2. The number of hydrogen-bond acceptors (Lipinski definition) is 3. The summed E-state index contributed by atoms with van der Waals surface area (Å²) in [6.45, 7) is 2.83. The number of ether oxygens (including phenoxy) is 1. The molecule has 4 heteroatoms. The molecule has 1 aromatic carbocycles. The van der Waals surface area contributed by atoms with Gasteiger partial charge in [-0.05, 0) is 30.7 Å². The molecular formula is C11H11ClO3. The van der Waals surface area contributed by atoms with Crippen LogP contribution < -0.4 is 0 Å². The van der Waals surface area contributed by atoms with Crippen LogP contribution in [0.25, 0.3) is 0 Å². The molecule has 0 bridgehead atoms. The van der Waals surface area contributed by atoms with Gasteiger partial charge < -0.3 is 4.74 Å². The van der Waals surface area contributed by atoms with Gasteiger partial charge >= 0.3 is 5.97 Å². The summed E-state index contributed by atoms with van der Waals surface area (Å²) in [5.74, 6) is -0.686. The first-order valence-electron chi connectivity index (χ1n) is 4.43. The Labute approximate surface area is 93.0 Å². The van der Waals surface area contributed by atoms with Gasteiger partial charge in [0.15, 0.2) is 6.61 Å². The van der Waals surface area contributed by atoms with Crippen LogP contribution in [0.5, 0.6) is 0 Å². The minimum Gasteiger partial charge on any atom is -0.457 e. The Morgan fingerprint density at radius 3 is 2.60 bits per heavy atom. The fraction of sp³-hybridized carbons (Fsp3) is 0.273. The van der Waals surface area contributed by atoms with Gasteiger partial charge in [0.05, 0.1) is 0 Å². The normalized spacial score (nSPS) is 9.80. The van der Waals surface area contributed by atoms with Gasteiger partial charge in [-0.2, -0.15) is 0 Å². The molecule has 0 aromatic heterocycles. The molecule has 0 unspecified atom stereocenters. The lowest BCUT2D eigenvalue weighted by Crippen LogP contribution is -2.12. The number of rotatable bonds is 3. The van der Waals surface area contributed by atoms with Crippen molar-refractivity contribution >= 4 is 23.4 Å². The van der Waals surface area contributed by atoms with Crippen LogP contribution in [0.1, 0.15) is 22.8 Å². The third-order valence-corrected chi connectivity index (χ3v) is 2.13. The Bertz CT molecular complexity index is 399. The van der Waals surface area contributed by atoms with Crippen molar-refractivity contribution in [3.8, 4) is 0 Å². The van der Waals surface area contributed by atoms with E-state index in [0.29, 0.717) is 10.6 Å². The molecule has 1 aromatic rings. The third kappa shape index (κ3) is 3.36. The van der Waals surface area contributed by atoms with Gasteiger partial charge in [-0.1, -0.05) is 11.6 Å². The van der Waals surface area contributed by atoms with Crippen LogP contribution in [0.4, 0.5) is 0 Å². The molecule has 0 aliphatic carbocycles. The molecule has 1 rings (SSSR count). The molecular weight excluding hydrogens is 216 g/mol. The van der Waals surface area contributed by atoms with Crippen molar-refractivity contribution in [2.24, 2.45) is 0 Å². The van der Waals surface area contributed by atoms with Crippen molar-refractivity contribution < 1.29 is 14.3 Å². The van der Waals surface area contributed by atoms with E-state index in [1.165, 1.54) is 6.92 Å². The summed E-state index contributed by atoms with van der Waals surface area (Å²) >= 11 is 5.75. The number of ketones is 1. The molecule has 15 heavy (non-hydrogen) atoms. The van der Waals surface area contributed by atoms with Crippen LogP contribution >= 0.6 is 11.6 Å². The molecule has 0 atom stereocenters. The lowest BCUT2D eigenvalue weighted by molar-refractivity contribution is -0.139. The van der Waals surface area contributed by atoms with Crippen molar-refractivity contribution in [2.75, 3.05) is 6.61 Å². The number of benzene rings is 1. The average molecular weight is 227 g/mol. The second-order valence-corrected chi connectivity index (χ2v) is 3.60. The van der Waals surface area contributed by atoms with Crippen LogP contribution in [0.3, 0.4) is 0 Å². The first kappa shape index (κ1) is 11.7. The van der Waals surface area contributed by atoms with Gasteiger partial charge in [0.1, 0.15) is 0 Å². The molecule has 0 saturated heterocycles. The molecule has 0 aliphatic rings. The Hall–Kier alpha value is -1.35. The van der Waals surface area contributed by atoms with E-state index in [1.807, 2.05) is 0 Å². The monoisotopic (exact) mass is 226 g/mol. The summed E-state index contributed by atoms with van der Waals surface area (Å²) in [7, 11) is 0. The van der Waals surface area contributed by atoms with Crippen LogP contribution in [0, 0.1) is 6.92 Å². The Morgan fingerprint density at radius 1 is 1.40 bits per heavy atom. The molecule has 0 aliphatic heterocycles. The number of Topliss-reactive ketones (excluding diaryl/α,β-unsaturated/α-hetero) is 1. The lowest BCUT2D eigenvalue weighted by Gasteiger charge is -2.05. The number of carbonyl (C=O) groups is 2. The average Bonchev–Trinajstić information content (AvgIpc) is 2.14. The van der Waals surface area contributed by atoms with Crippen LogP contribution in [-0.4, -0.2) is 18.4 Å². The Balaban J connectivity index is 2.78. The van der Waals surface area contributed by atoms with E-state index in [-0.39, 0.29) is 12.4 Å². The molecule has 0 fully saturated rings. The SMILES string of the molecule is CC(=O)OCC(=O)c1ccc(Cl)cc1C. The molecule has 0 saturated carbocycles. The van der Waals surface area contributed by atoms with E-state index in [0.717, 1.165) is 5.56 Å². The quantitative estimate of drug-likeness (QED) is 0.587. The second kappa shape index (κ2) is 4.94. The molecule has 3 nitrogen and oxygen atoms in total. The van der Waals surface area contributed by atoms with E-state index in [2.05, 4.69) is 4.74 Å². The maximum Gasteiger partial charge on any atom is 0.303 e. The van der Waals surface area contributed by atoms with E-state index < -0.39 is 5.97 Å². The molecule has 0 amide bonds. The predicted octanol–water partition coefficient (Wildman–Crippen LogP) is 2.39. The zero-order valence-electron chi connectivity index (χ0n) is 8.54. The summed E-state index contributed by atoms with van der Waals surface area (Å²) in [6.07, 6.45) is 0. The molecule has 0 N–H and O–H groups in total. The molecule has 80 valence electrons. The maximum atomic E-state index is 11.6. The Morgan fingerprint density at radius 2 is 2.07 bits per heavy atom. The van der Waals surface area contributed by atoms with Gasteiger partial charge in [-0.15, -0.1) is 0 Å². The molecule has 0 heterocycles. The second-order valence-electron chi connectivity index (χ2n) is 3.16. The summed E-state index contributed by atoms with van der Waals surface area (Å²) in [6, 6.07) is 4.96. The molecule has 0 radical (unpaired) electrons. The number of halogens is 1. The largest absolute Gasteiger partial charge is 0.457 e. The fourth-order valence-electron chi connectivity index (χ4n) is 1.18. The summed E-state index contributed by atoms with van der Waals surface area (Å²) in [5, 5.41) is 0.580. The van der Waals surface area contributed by atoms with Crippen molar-refractivity contribution in [2.45, 2.75) is 13.8 Å². The summed E-state index contributed by atoms with van der Waals surface area (Å²) in [4.78, 5) is 22.1. The summed E-state index contributed by atoms with van der Waals surface area (Å²) in [5.41, 5.74) is 1.31. The Kier molecular flexibility index (Phi) is 3.86. The highest BCUT2D eigenvalue weighted by atomic mass is 35.5. The van der Waals surface area contributed by atoms with Gasteiger partial charge in [0, 0.05) is 17.5 Å². The highest BCUT2D eigenvalue weighted by Crippen LogP contribution is 2.15. The predicted molar refractivity (Wildman–Crippen MR) is 57.2 cm³/mol. The van der Waals surface area contributed by atoms with Gasteiger partial charge in [-0.25, -0.2) is 0 Å². The van der Waals surface area contributed by atoms with Gasteiger partial charge in [0.25, 0.3) is 0 Å². The van der Waals surface area contributed by atoms with Gasteiger partial charge in [0.2, 0.25) is 5.78 Å². The highest BCUT2D eigenvalue weighted by molar-refractivity contribution is 6.30. The van der Waals surface area contributed by atoms with Crippen molar-refractivity contribution in [3.05, 3.63) is 34.3 Å².